The molecule has 0 aromatic rings. The molecule has 0 aromatic heterocycles. The first-order chi connectivity index (χ1) is 14.6. The van der Waals surface area contributed by atoms with Crippen LogP contribution < -0.4 is 10.6 Å². The van der Waals surface area contributed by atoms with E-state index in [1.165, 1.54) is 33.4 Å². The molecule has 0 fully saturated rings. The van der Waals surface area contributed by atoms with Crippen LogP contribution in [0, 0.1) is 0 Å². The molecule has 0 spiro atoms. The Kier molecular flexibility index (Phi) is 16.5. The van der Waals surface area contributed by atoms with Crippen LogP contribution in [0.2, 0.25) is 0 Å². The fourth-order valence-corrected chi connectivity index (χ4v) is 3.83. The van der Waals surface area contributed by atoms with Crippen LogP contribution in [-0.4, -0.2) is 58.2 Å². The number of thioether (sulfide) groups is 1. The number of aliphatic hydroxyl groups excluding tert-OH is 1. The maximum atomic E-state index is 12.1. The average molecular weight is 567 g/mol. The molecule has 0 aliphatic heterocycles. The Balaban J connectivity index is 4.40. The first kappa shape index (κ1) is 29.7. The summed E-state index contributed by atoms with van der Waals surface area (Å²) in [6.07, 6.45) is 10.6. The van der Waals surface area contributed by atoms with Gasteiger partial charge in [0.15, 0.2) is 0 Å². The number of hydrogen-bond donors (Lipinski definition) is 4. The topological polar surface area (TPSA) is 116 Å². The fraction of sp³-hybridized carbons (Fsp3) is 0.591. The summed E-state index contributed by atoms with van der Waals surface area (Å²) in [5, 5.41) is 23.2. The number of allylic oxidation sites excluding steroid dienone is 5. The lowest BCUT2D eigenvalue weighted by Gasteiger charge is -2.19. The first-order valence-electron chi connectivity index (χ1n) is 10.2. The summed E-state index contributed by atoms with van der Waals surface area (Å²) in [4.78, 5) is 34.5. The predicted molar refractivity (Wildman–Crippen MR) is 135 cm³/mol. The highest BCUT2D eigenvalue weighted by atomic mass is 127. The van der Waals surface area contributed by atoms with Gasteiger partial charge in [-0.1, -0.05) is 29.4 Å². The van der Waals surface area contributed by atoms with Gasteiger partial charge in [0.25, 0.3) is 0 Å². The lowest BCUT2D eigenvalue weighted by molar-refractivity contribution is -0.141. The highest BCUT2D eigenvalue weighted by molar-refractivity contribution is 14.1. The van der Waals surface area contributed by atoms with Crippen molar-refractivity contribution >= 4 is 52.1 Å². The van der Waals surface area contributed by atoms with E-state index in [-0.39, 0.29) is 5.75 Å². The molecule has 4 N–H and O–H groups in total. The van der Waals surface area contributed by atoms with Crippen LogP contribution in [0.15, 0.2) is 33.0 Å². The van der Waals surface area contributed by atoms with Crippen molar-refractivity contribution in [2.24, 2.45) is 0 Å². The van der Waals surface area contributed by atoms with E-state index in [1.54, 1.807) is 0 Å². The number of nitrogens with one attached hydrogen (secondary N) is 2. The maximum Gasteiger partial charge on any atom is 0.327 e. The van der Waals surface area contributed by atoms with Crippen LogP contribution in [0.4, 0.5) is 0 Å². The zero-order valence-corrected chi connectivity index (χ0v) is 21.7. The first-order valence-corrected chi connectivity index (χ1v) is 12.4. The molecular formula is C22H35IN2O5S. The predicted octanol–water partition coefficient (Wildman–Crippen LogP) is 3.58. The van der Waals surface area contributed by atoms with Crippen molar-refractivity contribution in [2.45, 2.75) is 65.5 Å². The van der Waals surface area contributed by atoms with Crippen molar-refractivity contribution in [1.82, 2.24) is 10.6 Å². The quantitative estimate of drug-likeness (QED) is 0.137. The second-order valence-electron chi connectivity index (χ2n) is 7.34. The van der Waals surface area contributed by atoms with Gasteiger partial charge in [0.1, 0.15) is 12.1 Å². The molecule has 176 valence electrons. The number of halogens is 1. The number of hydrogen-bond acceptors (Lipinski definition) is 5. The molecule has 0 rings (SSSR count). The molecule has 9 heteroatoms. The van der Waals surface area contributed by atoms with E-state index in [4.69, 9.17) is 0 Å². The monoisotopic (exact) mass is 566 g/mol. The van der Waals surface area contributed by atoms with Gasteiger partial charge in [-0.2, -0.15) is 11.8 Å². The summed E-state index contributed by atoms with van der Waals surface area (Å²) in [5.74, 6) is -1.53. The van der Waals surface area contributed by atoms with E-state index in [9.17, 15) is 24.6 Å². The van der Waals surface area contributed by atoms with Gasteiger partial charge in [-0.3, -0.25) is 9.59 Å². The van der Waals surface area contributed by atoms with Gasteiger partial charge in [0.05, 0.1) is 6.61 Å². The Hall–Kier alpha value is -1.33. The molecule has 1 unspecified atom stereocenters. The van der Waals surface area contributed by atoms with Crippen LogP contribution in [0.25, 0.3) is 0 Å². The molecule has 0 aromatic carbocycles. The summed E-state index contributed by atoms with van der Waals surface area (Å²) in [6, 6.07) is -2.26. The molecular weight excluding hydrogens is 531 g/mol. The number of carboxylic acids is 1. The largest absolute Gasteiger partial charge is 0.480 e. The number of rotatable bonds is 15. The van der Waals surface area contributed by atoms with Crippen LogP contribution >= 0.6 is 34.4 Å². The van der Waals surface area contributed by atoms with Crippen molar-refractivity contribution in [3.05, 3.63) is 33.0 Å². The van der Waals surface area contributed by atoms with Crippen molar-refractivity contribution in [3.8, 4) is 0 Å². The Labute approximate surface area is 203 Å². The van der Waals surface area contributed by atoms with E-state index < -0.39 is 36.5 Å². The fourth-order valence-electron chi connectivity index (χ4n) is 2.52. The molecule has 0 saturated carbocycles. The Morgan fingerprint density at radius 1 is 0.935 bits per heavy atom. The van der Waals surface area contributed by atoms with Crippen LogP contribution in [0.5, 0.6) is 0 Å². The molecule has 0 aliphatic rings. The molecule has 0 heterocycles. The van der Waals surface area contributed by atoms with Crippen molar-refractivity contribution in [3.63, 3.8) is 0 Å². The second-order valence-corrected chi connectivity index (χ2v) is 10.1. The molecule has 31 heavy (non-hydrogen) atoms. The number of amides is 2. The third-order valence-corrected chi connectivity index (χ3v) is 5.73. The van der Waals surface area contributed by atoms with Crippen LogP contribution in [-0.2, 0) is 14.4 Å². The molecule has 2 atom stereocenters. The minimum absolute atomic E-state index is 0.186. The smallest absolute Gasteiger partial charge is 0.327 e. The summed E-state index contributed by atoms with van der Waals surface area (Å²) in [5.41, 5.74) is 2.62. The van der Waals surface area contributed by atoms with Crippen LogP contribution in [0.1, 0.15) is 53.4 Å². The molecule has 0 radical (unpaired) electrons. The van der Waals surface area contributed by atoms with E-state index in [2.05, 4.69) is 72.2 Å². The third-order valence-electron chi connectivity index (χ3n) is 4.32. The zero-order chi connectivity index (χ0) is 23.8. The number of carbonyl (C=O) groups is 3. The van der Waals surface area contributed by atoms with E-state index >= 15 is 0 Å². The van der Waals surface area contributed by atoms with E-state index in [0.717, 1.165) is 25.7 Å². The van der Waals surface area contributed by atoms with Gasteiger partial charge in [-0.05, 0) is 72.6 Å². The standard InChI is InChI=1S/C22H35IN2O5S/c1-15(9-6-10-17(3)23)7-5-8-16(2)11-12-31-14-20(22(29)30)25-21(28)19(13-26)24-18(4)27/h7,10-11,19-20,26H,5-6,8-9,12-14H2,1-4H3,(H,24,27)(H,25,28)(H,29,30)/b15-7+,16-11+,17-10+/t19?,20-/m0/s1. The van der Waals surface area contributed by atoms with Gasteiger partial charge < -0.3 is 20.8 Å². The lowest BCUT2D eigenvalue weighted by Crippen LogP contribution is -2.53. The highest BCUT2D eigenvalue weighted by Gasteiger charge is 2.25. The van der Waals surface area contributed by atoms with Gasteiger partial charge in [0.2, 0.25) is 11.8 Å². The molecule has 2 amide bonds. The number of aliphatic hydroxyl groups is 1. The molecule has 0 aliphatic carbocycles. The van der Waals surface area contributed by atoms with Crippen molar-refractivity contribution < 1.29 is 24.6 Å². The van der Waals surface area contributed by atoms with E-state index in [0.29, 0.717) is 5.75 Å². The Morgan fingerprint density at radius 2 is 1.52 bits per heavy atom. The third kappa shape index (κ3) is 16.0. The van der Waals surface area contributed by atoms with Gasteiger partial charge in [-0.25, -0.2) is 4.79 Å². The van der Waals surface area contributed by atoms with Gasteiger partial charge in [0, 0.05) is 18.4 Å². The lowest BCUT2D eigenvalue weighted by atomic mass is 10.1. The highest BCUT2D eigenvalue weighted by Crippen LogP contribution is 2.14. The van der Waals surface area contributed by atoms with Crippen molar-refractivity contribution in [1.29, 1.82) is 0 Å². The maximum absolute atomic E-state index is 12.1. The second kappa shape index (κ2) is 17.3. The summed E-state index contributed by atoms with van der Waals surface area (Å²) in [6.45, 7) is 6.92. The minimum atomic E-state index is -1.16. The summed E-state index contributed by atoms with van der Waals surface area (Å²) < 4.78 is 1.31. The zero-order valence-electron chi connectivity index (χ0n) is 18.7. The van der Waals surface area contributed by atoms with Crippen LogP contribution in [0.3, 0.4) is 0 Å². The number of carboxylic acid groups (broad SMARTS) is 1. The number of aliphatic carboxylic acids is 1. The van der Waals surface area contributed by atoms with Gasteiger partial charge in [-0.15, -0.1) is 0 Å². The molecule has 0 saturated heterocycles. The number of carbonyl (C=O) groups excluding carboxylic acids is 2. The van der Waals surface area contributed by atoms with E-state index in [1.807, 2.05) is 0 Å². The summed E-state index contributed by atoms with van der Waals surface area (Å²) in [7, 11) is 0. The normalized spacial score (nSPS) is 14.7. The SMILES string of the molecule is CC(=O)NC(CO)C(=O)N[C@@H](CSC/C=C(\C)CC/C=C(\C)CC/C=C(\C)I)C(=O)O. The van der Waals surface area contributed by atoms with Crippen molar-refractivity contribution in [2.75, 3.05) is 18.1 Å². The molecule has 7 nitrogen and oxygen atoms in total. The average Bonchev–Trinajstić information content (AvgIpc) is 2.67. The Morgan fingerprint density at radius 3 is 2.03 bits per heavy atom. The van der Waals surface area contributed by atoms with Gasteiger partial charge >= 0.3 is 5.97 Å². The minimum Gasteiger partial charge on any atom is -0.480 e. The summed E-state index contributed by atoms with van der Waals surface area (Å²) >= 11 is 3.72. The molecule has 0 bridgehead atoms. The Bertz CT molecular complexity index is 687.